The van der Waals surface area contributed by atoms with Crippen molar-refractivity contribution in [3.05, 3.63) is 71.8 Å². The molecule has 0 bridgehead atoms. The molecular weight excluding hydrogens is 326 g/mol. The first-order valence-electron chi connectivity index (χ1n) is 9.35. The van der Waals surface area contributed by atoms with E-state index < -0.39 is 12.1 Å². The fourth-order valence-corrected chi connectivity index (χ4v) is 3.32. The standard InChI is InChI=1S/C22H27NO3/c1-2-26-22(25)20(21(24)19-13-14-19)23(15-17-9-5-3-6-10-17)16-18-11-7-4-8-12-18/h3-12,19-21,24H,2,13-16H2,1H3/t20-,21-/m0/s1. The van der Waals surface area contributed by atoms with E-state index >= 15 is 0 Å². The highest BCUT2D eigenvalue weighted by atomic mass is 16.5. The lowest BCUT2D eigenvalue weighted by Gasteiger charge is -2.33. The van der Waals surface area contributed by atoms with Crippen LogP contribution in [-0.2, 0) is 22.6 Å². The molecule has 0 aliphatic heterocycles. The van der Waals surface area contributed by atoms with Crippen molar-refractivity contribution in [1.82, 2.24) is 4.90 Å². The van der Waals surface area contributed by atoms with E-state index in [0.717, 1.165) is 24.0 Å². The van der Waals surface area contributed by atoms with Crippen molar-refractivity contribution in [3.63, 3.8) is 0 Å². The van der Waals surface area contributed by atoms with Crippen LogP contribution in [-0.4, -0.2) is 34.7 Å². The van der Waals surface area contributed by atoms with Crippen molar-refractivity contribution in [2.45, 2.75) is 45.0 Å². The van der Waals surface area contributed by atoms with Crippen LogP contribution in [0.25, 0.3) is 0 Å². The lowest BCUT2D eigenvalue weighted by atomic mass is 10.0. The van der Waals surface area contributed by atoms with Crippen molar-refractivity contribution in [2.75, 3.05) is 6.61 Å². The van der Waals surface area contributed by atoms with Crippen molar-refractivity contribution in [1.29, 1.82) is 0 Å². The minimum atomic E-state index is -0.693. The van der Waals surface area contributed by atoms with E-state index in [1.807, 2.05) is 65.6 Å². The number of ether oxygens (including phenoxy) is 1. The number of aliphatic hydroxyl groups is 1. The average Bonchev–Trinajstić information content (AvgIpc) is 3.49. The van der Waals surface area contributed by atoms with Crippen LogP contribution in [0.3, 0.4) is 0 Å². The van der Waals surface area contributed by atoms with Crippen molar-refractivity contribution in [2.24, 2.45) is 5.92 Å². The number of nitrogens with zero attached hydrogens (tertiary/aromatic N) is 1. The van der Waals surface area contributed by atoms with Crippen LogP contribution in [0.2, 0.25) is 0 Å². The molecule has 0 heterocycles. The number of carbonyl (C=O) groups is 1. The summed E-state index contributed by atoms with van der Waals surface area (Å²) in [7, 11) is 0. The number of hydrogen-bond donors (Lipinski definition) is 1. The highest BCUT2D eigenvalue weighted by Gasteiger charge is 2.42. The molecule has 0 radical (unpaired) electrons. The Balaban J connectivity index is 1.87. The molecule has 0 unspecified atom stereocenters. The average molecular weight is 353 g/mol. The molecule has 2 atom stereocenters. The molecule has 2 aromatic rings. The molecule has 1 aliphatic rings. The van der Waals surface area contributed by atoms with E-state index in [-0.39, 0.29) is 11.9 Å². The zero-order chi connectivity index (χ0) is 18.4. The predicted octanol–water partition coefficient (Wildman–Crippen LogP) is 3.39. The van der Waals surface area contributed by atoms with E-state index in [1.54, 1.807) is 6.92 Å². The first kappa shape index (κ1) is 18.6. The molecule has 4 nitrogen and oxygen atoms in total. The Morgan fingerprint density at radius 2 is 1.54 bits per heavy atom. The zero-order valence-electron chi connectivity index (χ0n) is 15.3. The van der Waals surface area contributed by atoms with Gasteiger partial charge in [0.25, 0.3) is 0 Å². The summed E-state index contributed by atoms with van der Waals surface area (Å²) >= 11 is 0. The summed E-state index contributed by atoms with van der Waals surface area (Å²) in [6.07, 6.45) is 1.25. The summed E-state index contributed by atoms with van der Waals surface area (Å²) in [5.41, 5.74) is 2.22. The van der Waals surface area contributed by atoms with Gasteiger partial charge in [0.05, 0.1) is 12.7 Å². The third-order valence-electron chi connectivity index (χ3n) is 4.81. The molecule has 0 aromatic heterocycles. The third kappa shape index (κ3) is 4.93. The third-order valence-corrected chi connectivity index (χ3v) is 4.81. The zero-order valence-corrected chi connectivity index (χ0v) is 15.3. The lowest BCUT2D eigenvalue weighted by Crippen LogP contribution is -2.50. The van der Waals surface area contributed by atoms with Gasteiger partial charge in [-0.3, -0.25) is 9.69 Å². The first-order valence-corrected chi connectivity index (χ1v) is 9.35. The van der Waals surface area contributed by atoms with Crippen LogP contribution >= 0.6 is 0 Å². The van der Waals surface area contributed by atoms with Crippen molar-refractivity contribution in [3.8, 4) is 0 Å². The summed E-state index contributed by atoms with van der Waals surface area (Å²) in [5, 5.41) is 10.8. The maximum atomic E-state index is 12.7. The van der Waals surface area contributed by atoms with Crippen molar-refractivity contribution >= 4 is 5.97 Å². The molecular formula is C22H27NO3. The Kier molecular flexibility index (Phi) is 6.42. The van der Waals surface area contributed by atoms with E-state index in [1.165, 1.54) is 0 Å². The van der Waals surface area contributed by atoms with E-state index in [2.05, 4.69) is 0 Å². The fraction of sp³-hybridized carbons (Fsp3) is 0.409. The molecule has 1 fully saturated rings. The Hall–Kier alpha value is -2.17. The van der Waals surface area contributed by atoms with Gasteiger partial charge >= 0.3 is 5.97 Å². The smallest absolute Gasteiger partial charge is 0.326 e. The molecule has 1 saturated carbocycles. The molecule has 2 aromatic carbocycles. The number of rotatable bonds is 9. The summed E-state index contributed by atoms with van der Waals surface area (Å²) in [6.45, 7) is 3.29. The van der Waals surface area contributed by atoms with Crippen LogP contribution in [0.5, 0.6) is 0 Å². The predicted molar refractivity (Wildman–Crippen MR) is 101 cm³/mol. The SMILES string of the molecule is CCOC(=O)[C@H]([C@@H](O)C1CC1)N(Cc1ccccc1)Cc1ccccc1. The van der Waals surface area contributed by atoms with Gasteiger partial charge in [-0.25, -0.2) is 0 Å². The molecule has 0 amide bonds. The fourth-order valence-electron chi connectivity index (χ4n) is 3.32. The van der Waals surface area contributed by atoms with Gasteiger partial charge in [-0.1, -0.05) is 60.7 Å². The Labute approximate surface area is 155 Å². The molecule has 0 saturated heterocycles. The molecule has 3 rings (SSSR count). The number of hydrogen-bond acceptors (Lipinski definition) is 4. The minimum absolute atomic E-state index is 0.193. The monoisotopic (exact) mass is 353 g/mol. The quantitative estimate of drug-likeness (QED) is 0.702. The van der Waals surface area contributed by atoms with Gasteiger partial charge in [-0.2, -0.15) is 0 Å². The second-order valence-corrected chi connectivity index (χ2v) is 6.90. The second-order valence-electron chi connectivity index (χ2n) is 6.90. The van der Waals surface area contributed by atoms with Gasteiger partial charge in [-0.15, -0.1) is 0 Å². The minimum Gasteiger partial charge on any atom is -0.465 e. The van der Waals surface area contributed by atoms with Crippen LogP contribution in [0, 0.1) is 5.92 Å². The van der Waals surface area contributed by atoms with Gasteiger partial charge in [-0.05, 0) is 36.8 Å². The van der Waals surface area contributed by atoms with E-state index in [0.29, 0.717) is 19.7 Å². The summed E-state index contributed by atoms with van der Waals surface area (Å²) in [6, 6.07) is 19.5. The largest absolute Gasteiger partial charge is 0.465 e. The maximum absolute atomic E-state index is 12.7. The first-order chi connectivity index (χ1) is 12.7. The molecule has 1 N–H and O–H groups in total. The van der Waals surface area contributed by atoms with Crippen molar-refractivity contribution < 1.29 is 14.6 Å². The van der Waals surface area contributed by atoms with Gasteiger partial charge in [0.15, 0.2) is 0 Å². The second kappa shape index (κ2) is 8.97. The van der Waals surface area contributed by atoms with Crippen LogP contribution in [0.1, 0.15) is 30.9 Å². The van der Waals surface area contributed by atoms with E-state index in [4.69, 9.17) is 4.74 Å². The molecule has 4 heteroatoms. The van der Waals surface area contributed by atoms with Gasteiger partial charge < -0.3 is 9.84 Å². The van der Waals surface area contributed by atoms with Crippen LogP contribution < -0.4 is 0 Å². The lowest BCUT2D eigenvalue weighted by molar-refractivity contribution is -0.155. The van der Waals surface area contributed by atoms with Gasteiger partial charge in [0.1, 0.15) is 6.04 Å². The van der Waals surface area contributed by atoms with Crippen LogP contribution in [0.4, 0.5) is 0 Å². The molecule has 26 heavy (non-hydrogen) atoms. The number of benzene rings is 2. The summed E-state index contributed by atoms with van der Waals surface area (Å²) in [4.78, 5) is 14.8. The molecule has 138 valence electrons. The maximum Gasteiger partial charge on any atom is 0.326 e. The summed E-state index contributed by atoms with van der Waals surface area (Å²) in [5.74, 6) is -0.141. The normalized spacial score (nSPS) is 16.3. The van der Waals surface area contributed by atoms with E-state index in [9.17, 15) is 9.90 Å². The van der Waals surface area contributed by atoms with Gasteiger partial charge in [0, 0.05) is 13.1 Å². The molecule has 0 spiro atoms. The Morgan fingerprint density at radius 3 is 1.96 bits per heavy atom. The summed E-state index contributed by atoms with van der Waals surface area (Å²) < 4.78 is 5.32. The number of carbonyl (C=O) groups excluding carboxylic acids is 1. The topological polar surface area (TPSA) is 49.8 Å². The highest BCUT2D eigenvalue weighted by Crippen LogP contribution is 2.36. The van der Waals surface area contributed by atoms with Gasteiger partial charge in [0.2, 0.25) is 0 Å². The highest BCUT2D eigenvalue weighted by molar-refractivity contribution is 5.76. The molecule has 1 aliphatic carbocycles. The number of aliphatic hydroxyl groups excluding tert-OH is 1. The van der Waals surface area contributed by atoms with Crippen LogP contribution in [0.15, 0.2) is 60.7 Å². The Morgan fingerprint density at radius 1 is 1.04 bits per heavy atom. The number of esters is 1. The Bertz CT molecular complexity index is 644.